The van der Waals surface area contributed by atoms with E-state index >= 15 is 0 Å². The molecule has 2 aromatic heterocycles. The lowest BCUT2D eigenvalue weighted by molar-refractivity contribution is 0.0528. The van der Waals surface area contributed by atoms with E-state index in [1.165, 1.54) is 16.9 Å². The Balaban J connectivity index is 1.68. The van der Waals surface area contributed by atoms with Gasteiger partial charge in [0, 0.05) is 37.8 Å². The van der Waals surface area contributed by atoms with Crippen LogP contribution < -0.4 is 4.74 Å². The summed E-state index contributed by atoms with van der Waals surface area (Å²) in [5, 5.41) is 1.03. The van der Waals surface area contributed by atoms with Crippen LogP contribution in [0.15, 0.2) is 76.8 Å². The third-order valence-electron chi connectivity index (χ3n) is 4.51. The Kier molecular flexibility index (Phi) is 6.35. The molecule has 0 fully saturated rings. The van der Waals surface area contributed by atoms with Gasteiger partial charge >= 0.3 is 5.97 Å². The second-order valence-electron chi connectivity index (χ2n) is 6.66. The van der Waals surface area contributed by atoms with Gasteiger partial charge < -0.3 is 9.47 Å². The summed E-state index contributed by atoms with van der Waals surface area (Å²) in [7, 11) is 0. The molecule has 4 aromatic rings. The molecule has 0 spiro atoms. The van der Waals surface area contributed by atoms with E-state index in [1.807, 2.05) is 49.4 Å². The summed E-state index contributed by atoms with van der Waals surface area (Å²) in [6, 6.07) is 18.0. The predicted octanol–water partition coefficient (Wildman–Crippen LogP) is 6.51. The first-order chi connectivity index (χ1) is 14.7. The number of nitrogens with zero attached hydrogens (tertiary/aromatic N) is 1. The Morgan fingerprint density at radius 1 is 1.13 bits per heavy atom. The molecular weight excluding hydrogens is 414 g/mol. The molecule has 2 heterocycles. The number of aryl methyl sites for hydroxylation is 1. The highest BCUT2D eigenvalue weighted by Crippen LogP contribution is 2.43. The van der Waals surface area contributed by atoms with Gasteiger partial charge in [0.1, 0.15) is 17.2 Å². The van der Waals surface area contributed by atoms with Gasteiger partial charge in [-0.25, -0.2) is 4.79 Å². The molecule has 0 aliphatic rings. The van der Waals surface area contributed by atoms with Crippen molar-refractivity contribution >= 4 is 39.2 Å². The number of benzene rings is 2. The Morgan fingerprint density at radius 2 is 2.00 bits per heavy atom. The van der Waals surface area contributed by atoms with Crippen molar-refractivity contribution in [3.8, 4) is 5.75 Å². The lowest BCUT2D eigenvalue weighted by Gasteiger charge is -2.08. The minimum absolute atomic E-state index is 0.285. The van der Waals surface area contributed by atoms with Crippen LogP contribution in [0.2, 0.25) is 0 Å². The standard InChI is InChI=1S/C24H21NO3S2/c1-3-27-24(26)23-22(29-20-9-5-4-7-16(20)2)19-11-10-18(13-21(19)30-23)28-15-17-8-6-12-25-14-17/h4-14H,3,15H2,1-2H3. The number of carbonyl (C=O) groups is 1. The molecule has 0 amide bonds. The van der Waals surface area contributed by atoms with Gasteiger partial charge in [-0.2, -0.15) is 0 Å². The highest BCUT2D eigenvalue weighted by molar-refractivity contribution is 8.00. The summed E-state index contributed by atoms with van der Waals surface area (Å²) < 4.78 is 12.3. The fraction of sp³-hybridized carbons (Fsp3) is 0.167. The second-order valence-corrected chi connectivity index (χ2v) is 8.76. The lowest BCUT2D eigenvalue weighted by Crippen LogP contribution is -2.03. The van der Waals surface area contributed by atoms with E-state index in [1.54, 1.807) is 24.2 Å². The van der Waals surface area contributed by atoms with Crippen molar-refractivity contribution in [2.45, 2.75) is 30.2 Å². The van der Waals surface area contributed by atoms with E-state index in [0.717, 1.165) is 31.2 Å². The maximum atomic E-state index is 12.6. The molecule has 0 atom stereocenters. The molecule has 30 heavy (non-hydrogen) atoms. The highest BCUT2D eigenvalue weighted by atomic mass is 32.2. The number of rotatable bonds is 7. The molecule has 0 N–H and O–H groups in total. The maximum absolute atomic E-state index is 12.6. The Hall–Kier alpha value is -2.83. The molecule has 0 aliphatic heterocycles. The van der Waals surface area contributed by atoms with E-state index in [0.29, 0.717) is 18.1 Å². The quantitative estimate of drug-likeness (QED) is 0.310. The van der Waals surface area contributed by atoms with Gasteiger partial charge in [-0.05, 0) is 49.7 Å². The highest BCUT2D eigenvalue weighted by Gasteiger charge is 2.21. The molecule has 0 saturated heterocycles. The van der Waals surface area contributed by atoms with Gasteiger partial charge in [0.25, 0.3) is 0 Å². The first-order valence-electron chi connectivity index (χ1n) is 9.64. The number of aromatic nitrogens is 1. The average molecular weight is 436 g/mol. The molecule has 6 heteroatoms. The van der Waals surface area contributed by atoms with Gasteiger partial charge in [-0.15, -0.1) is 11.3 Å². The van der Waals surface area contributed by atoms with E-state index in [4.69, 9.17) is 9.47 Å². The monoisotopic (exact) mass is 435 g/mol. The number of hydrogen-bond acceptors (Lipinski definition) is 6. The van der Waals surface area contributed by atoms with Crippen molar-refractivity contribution in [2.75, 3.05) is 6.61 Å². The molecule has 0 unspecified atom stereocenters. The van der Waals surface area contributed by atoms with Gasteiger partial charge in [-0.3, -0.25) is 4.98 Å². The Labute approximate surface area is 183 Å². The van der Waals surface area contributed by atoms with Crippen molar-refractivity contribution in [3.63, 3.8) is 0 Å². The SMILES string of the molecule is CCOC(=O)c1sc2cc(OCc3cccnc3)ccc2c1Sc1ccccc1C. The van der Waals surface area contributed by atoms with E-state index in [9.17, 15) is 4.79 Å². The smallest absolute Gasteiger partial charge is 0.349 e. The molecule has 0 saturated carbocycles. The van der Waals surface area contributed by atoms with Gasteiger partial charge in [0.15, 0.2) is 0 Å². The van der Waals surface area contributed by atoms with Crippen LogP contribution in [0.25, 0.3) is 10.1 Å². The van der Waals surface area contributed by atoms with Crippen molar-refractivity contribution in [3.05, 3.63) is 83.0 Å². The first kappa shape index (κ1) is 20.4. The van der Waals surface area contributed by atoms with E-state index < -0.39 is 0 Å². The molecule has 152 valence electrons. The normalized spacial score (nSPS) is 10.9. The van der Waals surface area contributed by atoms with Gasteiger partial charge in [-0.1, -0.05) is 36.0 Å². The third-order valence-corrected chi connectivity index (χ3v) is 7.08. The average Bonchev–Trinajstić information content (AvgIpc) is 3.12. The van der Waals surface area contributed by atoms with Gasteiger partial charge in [0.2, 0.25) is 0 Å². The third kappa shape index (κ3) is 4.50. The van der Waals surface area contributed by atoms with Crippen LogP contribution in [0, 0.1) is 6.92 Å². The molecular formula is C24H21NO3S2. The Morgan fingerprint density at radius 3 is 2.77 bits per heavy atom. The summed E-state index contributed by atoms with van der Waals surface area (Å²) >= 11 is 3.05. The molecule has 4 nitrogen and oxygen atoms in total. The van der Waals surface area contributed by atoms with E-state index in [2.05, 4.69) is 24.0 Å². The molecule has 0 aliphatic carbocycles. The maximum Gasteiger partial charge on any atom is 0.349 e. The summed E-state index contributed by atoms with van der Waals surface area (Å²) in [6.45, 7) is 4.69. The zero-order valence-electron chi connectivity index (χ0n) is 16.8. The number of pyridine rings is 1. The van der Waals surface area contributed by atoms with Crippen LogP contribution in [0.1, 0.15) is 27.7 Å². The second kappa shape index (κ2) is 9.32. The minimum Gasteiger partial charge on any atom is -0.489 e. The number of ether oxygens (including phenoxy) is 2. The molecule has 0 bridgehead atoms. The van der Waals surface area contributed by atoms with Crippen LogP contribution in [0.5, 0.6) is 5.75 Å². The summed E-state index contributed by atoms with van der Waals surface area (Å²) in [4.78, 5) is 19.4. The van der Waals surface area contributed by atoms with Crippen molar-refractivity contribution in [1.82, 2.24) is 4.98 Å². The summed E-state index contributed by atoms with van der Waals surface area (Å²) in [5.41, 5.74) is 2.18. The topological polar surface area (TPSA) is 48.4 Å². The fourth-order valence-corrected chi connectivity index (χ4v) is 5.40. The van der Waals surface area contributed by atoms with Crippen LogP contribution >= 0.6 is 23.1 Å². The molecule has 4 rings (SSSR count). The van der Waals surface area contributed by atoms with Crippen LogP contribution in [0.4, 0.5) is 0 Å². The van der Waals surface area contributed by atoms with Crippen molar-refractivity contribution < 1.29 is 14.3 Å². The van der Waals surface area contributed by atoms with Crippen LogP contribution in [0.3, 0.4) is 0 Å². The largest absolute Gasteiger partial charge is 0.489 e. The summed E-state index contributed by atoms with van der Waals surface area (Å²) in [6.07, 6.45) is 3.53. The number of hydrogen-bond donors (Lipinski definition) is 0. The van der Waals surface area contributed by atoms with Crippen molar-refractivity contribution in [1.29, 1.82) is 0 Å². The van der Waals surface area contributed by atoms with E-state index in [-0.39, 0.29) is 5.97 Å². The van der Waals surface area contributed by atoms with Gasteiger partial charge in [0.05, 0.1) is 6.61 Å². The van der Waals surface area contributed by atoms with Crippen molar-refractivity contribution in [2.24, 2.45) is 0 Å². The summed E-state index contributed by atoms with van der Waals surface area (Å²) in [5.74, 6) is 0.475. The Bertz CT molecular complexity index is 1170. The number of carbonyl (C=O) groups excluding carboxylic acids is 1. The fourth-order valence-electron chi connectivity index (χ4n) is 3.01. The zero-order valence-corrected chi connectivity index (χ0v) is 18.4. The first-order valence-corrected chi connectivity index (χ1v) is 11.3. The lowest BCUT2D eigenvalue weighted by atomic mass is 10.2. The molecule has 2 aromatic carbocycles. The minimum atomic E-state index is -0.285. The predicted molar refractivity (Wildman–Crippen MR) is 122 cm³/mol. The molecule has 0 radical (unpaired) electrons. The number of thiophene rings is 1. The van der Waals surface area contributed by atoms with Crippen LogP contribution in [-0.2, 0) is 11.3 Å². The number of fused-ring (bicyclic) bond motifs is 1. The zero-order chi connectivity index (χ0) is 20.9. The van der Waals surface area contributed by atoms with Crippen LogP contribution in [-0.4, -0.2) is 17.6 Å². The number of esters is 1.